The van der Waals surface area contributed by atoms with Crippen LogP contribution in [0.15, 0.2) is 0 Å². The van der Waals surface area contributed by atoms with E-state index < -0.39 is 408 Å². The van der Waals surface area contributed by atoms with Crippen LogP contribution in [-0.4, -0.2) is 541 Å². The zero-order valence-electron chi connectivity index (χ0n) is 69.8. The van der Waals surface area contributed by atoms with Gasteiger partial charge in [-0.1, -0.05) is 0 Å². The number of rotatable bonds is 34. The van der Waals surface area contributed by atoms with Crippen LogP contribution in [0.5, 0.6) is 0 Å². The molecule has 129 heavy (non-hydrogen) atoms. The summed E-state index contributed by atoms with van der Waals surface area (Å²) in [6, 6.07) is -10.9. The monoisotopic (exact) mass is 1880 g/mol. The van der Waals surface area contributed by atoms with Crippen LogP contribution in [0.2, 0.25) is 0 Å². The van der Waals surface area contributed by atoms with Crippen molar-refractivity contribution in [1.82, 2.24) is 31.9 Å². The smallest absolute Gasteiger partial charge is 0.217 e. The van der Waals surface area contributed by atoms with Crippen LogP contribution in [0.3, 0.4) is 0 Å². The number of carbonyl (C=O) groups excluding carboxylic acids is 6. The van der Waals surface area contributed by atoms with E-state index in [4.69, 9.17) is 90.0 Å². The number of aliphatic hydroxyl groups is 26. The van der Waals surface area contributed by atoms with Gasteiger partial charge in [-0.25, -0.2) is 0 Å². The van der Waals surface area contributed by atoms with E-state index in [-0.39, 0.29) is 0 Å². The van der Waals surface area contributed by atoms with Gasteiger partial charge in [0.1, 0.15) is 244 Å². The molecule has 0 saturated carbocycles. The van der Waals surface area contributed by atoms with Gasteiger partial charge in [0.2, 0.25) is 35.4 Å². The second-order valence-electron chi connectivity index (χ2n) is 32.4. The Morgan fingerprint density at radius 1 is 0.186 bits per heavy atom. The Kier molecular flexibility index (Phi) is 38.4. The zero-order chi connectivity index (χ0) is 95.1. The van der Waals surface area contributed by atoms with Crippen molar-refractivity contribution in [3.05, 3.63) is 0 Å². The summed E-state index contributed by atoms with van der Waals surface area (Å²) in [5, 5.41) is 306. The highest BCUT2D eigenvalue weighted by Crippen LogP contribution is 2.41. The van der Waals surface area contributed by atoms with Crippen LogP contribution in [0.1, 0.15) is 41.5 Å². The van der Waals surface area contributed by atoms with Gasteiger partial charge in [0, 0.05) is 41.5 Å². The maximum Gasteiger partial charge on any atom is 0.217 e. The van der Waals surface area contributed by atoms with Gasteiger partial charge in [0.05, 0.1) is 66.1 Å². The molecule has 57 nitrogen and oxygen atoms in total. The Morgan fingerprint density at radius 2 is 0.349 bits per heavy atom. The van der Waals surface area contributed by atoms with Crippen molar-refractivity contribution in [2.45, 2.75) is 348 Å². The van der Waals surface area contributed by atoms with Gasteiger partial charge in [0.15, 0.2) is 62.9 Å². The Labute approximate surface area is 731 Å². The van der Waals surface area contributed by atoms with E-state index in [0.717, 1.165) is 41.5 Å². The van der Waals surface area contributed by atoms with Crippen LogP contribution in [0.25, 0.3) is 0 Å². The molecule has 6 amide bonds. The highest BCUT2D eigenvalue weighted by atomic mass is 16.8. The predicted molar refractivity (Wildman–Crippen MR) is 399 cm³/mol. The summed E-state index contributed by atoms with van der Waals surface area (Å²) in [4.78, 5) is 76.2. The molecule has 10 rings (SSSR count). The number of nitrogens with one attached hydrogen (secondary N) is 6. The van der Waals surface area contributed by atoms with Crippen molar-refractivity contribution in [1.29, 1.82) is 0 Å². The van der Waals surface area contributed by atoms with Crippen LogP contribution < -0.4 is 31.9 Å². The molecule has 10 aliphatic rings. The van der Waals surface area contributed by atoms with Gasteiger partial charge in [-0.3, -0.25) is 28.8 Å². The summed E-state index contributed by atoms with van der Waals surface area (Å²) in [5.41, 5.74) is 0. The lowest BCUT2D eigenvalue weighted by atomic mass is 9.93. The summed E-state index contributed by atoms with van der Waals surface area (Å²) in [7, 11) is 0. The molecule has 0 aromatic rings. The zero-order valence-corrected chi connectivity index (χ0v) is 69.8. The summed E-state index contributed by atoms with van der Waals surface area (Å²) in [6.07, 6.45) is -89.7. The van der Waals surface area contributed by atoms with Gasteiger partial charge < -0.3 is 255 Å². The number of ether oxygens (including phenoxy) is 19. The maximum atomic E-state index is 13.1. The average Bonchev–Trinajstić information content (AvgIpc) is 0.759. The van der Waals surface area contributed by atoms with E-state index in [0.29, 0.717) is 0 Å². The molecule has 10 saturated heterocycles. The summed E-state index contributed by atoms with van der Waals surface area (Å²) in [6.45, 7) is -5.14. The molecule has 10 heterocycles. The Hall–Kier alpha value is -4.98. The van der Waals surface area contributed by atoms with Crippen molar-refractivity contribution in [3.63, 3.8) is 0 Å². The molecule has 0 aromatic carbocycles. The van der Waals surface area contributed by atoms with Crippen molar-refractivity contribution in [2.75, 3.05) is 66.1 Å². The molecule has 0 unspecified atom stereocenters. The summed E-state index contributed by atoms with van der Waals surface area (Å²) in [5.74, 6) is -5.33. The van der Waals surface area contributed by atoms with Crippen molar-refractivity contribution < 1.29 is 252 Å². The minimum absolute atomic E-state index is 0.771. The lowest BCUT2D eigenvalue weighted by molar-refractivity contribution is -0.390. The van der Waals surface area contributed by atoms with E-state index >= 15 is 0 Å². The molecule has 10 aliphatic heterocycles. The number of carbonyl (C=O) groups is 6. The maximum absolute atomic E-state index is 13.1. The number of hydrogen-bond donors (Lipinski definition) is 32. The molecule has 10 fully saturated rings. The standard InChI is InChI=1S/C72H120N6O51/c1-17(89)73-33-45(101)39(95)23(7-79)112-64(33)126-59-41(97)25(9-81)113-69(50(59)106)122-55-30(14-86)118-66(35(47(55)103)75-19(3)91)128-61-43(99)27(11-83)115-71(52(61)108)124-57-32(16-88)120-68(37(49(57)105)77-21(5)93)129-62-44(100)28(12-84)116-72(53(62)109)123-56-31(15-87)119-67(36(48(56)104)76-20(4)92)127-60-42(98)26(10-82)114-70(51(60)107)121-54-29(13-85)117-65(34(46(54)102)74-18(2)90)125-58-38(78-22(6)94)63(110)111-24(8-80)40(58)96/h23-72,79-88,95-110H,7-16H2,1-6H3,(H,73,89)(H,74,90)(H,75,91)(H,76,92)(H,77,93)(H,78,94)/t23-,24-,25-,26-,27-,28-,29-,30-,31-,32-,33-,34-,35-,36-,37-,38-,39-,40+,41+,42+,43+,44+,45-,46-,47-,48-,49-,50-,51-,52-,53-,54-,55-,56-,57-,58-,59+,60+,61+,62+,63+,64+,65+,66+,67+,68+,69+,70+,71+,72+/m1/s1. The van der Waals surface area contributed by atoms with E-state index in [2.05, 4.69) is 31.9 Å². The SMILES string of the molecule is CC(=O)N[C@@H]1[C@@H](O[C@@H]2O[C@H](CO)[C@@H](O[C@@H]3O[C@H](CO)[C@H](O)[C@H](O[C@@H]4O[C@H](CO)[C@@H](O[C@@H]5O[C@H](CO)[C@H](O)[C@H](O[C@@H]6O[C@H](CO)[C@@H](O[C@@H]7O[C@H](CO)[C@H](O)[C@H](O[C@@H]8O[C@H](CO)[C@@H](O[C@@H]9O[C@H](CO)[C@H](O)[C@H](O[C@@H]%10O[C@H](CO)[C@@H](O)[C@H](O)[C@H]%10NC(C)=O)[C@H]9O)[C@H](O)[C@H]8NC(C)=O)[C@H]7O)[C@H](O)[C@H]6NC(C)=O)[C@H]5O)[C@H](O)[C@H]4NC(C)=O)[C@H]3O)[C@H](O)[C@H]2NC(C)=O)[C@@H](O)[C@@H](CO)O[C@@H]1O. The van der Waals surface area contributed by atoms with Gasteiger partial charge in [0.25, 0.3) is 0 Å². The van der Waals surface area contributed by atoms with Crippen molar-refractivity contribution >= 4 is 35.4 Å². The Balaban J connectivity index is 0.825. The first-order valence-corrected chi connectivity index (χ1v) is 41.1. The molecule has 50 atom stereocenters. The second kappa shape index (κ2) is 46.7. The van der Waals surface area contributed by atoms with Gasteiger partial charge in [-0.15, -0.1) is 0 Å². The lowest BCUT2D eigenvalue weighted by Crippen LogP contribution is -2.71. The minimum atomic E-state index is -2.41. The molecular formula is C72H120N6O51. The Morgan fingerprint density at radius 3 is 0.566 bits per heavy atom. The van der Waals surface area contributed by atoms with E-state index in [1.54, 1.807) is 0 Å². The van der Waals surface area contributed by atoms with Crippen LogP contribution in [0, 0.1) is 0 Å². The average molecular weight is 1890 g/mol. The fourth-order valence-corrected chi connectivity index (χ4v) is 16.9. The first kappa shape index (κ1) is 106. The molecule has 32 N–H and O–H groups in total. The molecule has 744 valence electrons. The largest absolute Gasteiger partial charge is 0.394 e. The molecule has 0 bridgehead atoms. The van der Waals surface area contributed by atoms with E-state index in [9.17, 15) is 162 Å². The Bertz CT molecular complexity index is 3570. The third kappa shape index (κ3) is 23.8. The lowest BCUT2D eigenvalue weighted by Gasteiger charge is -2.51. The first-order chi connectivity index (χ1) is 61.1. The van der Waals surface area contributed by atoms with Crippen molar-refractivity contribution in [3.8, 4) is 0 Å². The third-order valence-electron chi connectivity index (χ3n) is 23.3. The molecule has 0 aliphatic carbocycles. The van der Waals surface area contributed by atoms with Gasteiger partial charge in [-0.2, -0.15) is 0 Å². The quantitative estimate of drug-likeness (QED) is 0.0284. The number of aliphatic hydroxyl groups excluding tert-OH is 26. The third-order valence-corrected chi connectivity index (χ3v) is 23.3. The summed E-state index contributed by atoms with van der Waals surface area (Å²) >= 11 is 0. The highest BCUT2D eigenvalue weighted by molar-refractivity contribution is 5.75. The molecule has 0 aromatic heterocycles. The van der Waals surface area contributed by atoms with Gasteiger partial charge in [-0.05, 0) is 0 Å². The highest BCUT2D eigenvalue weighted by Gasteiger charge is 2.63. The van der Waals surface area contributed by atoms with Crippen molar-refractivity contribution in [2.24, 2.45) is 0 Å². The fourth-order valence-electron chi connectivity index (χ4n) is 16.9. The second-order valence-corrected chi connectivity index (χ2v) is 32.4. The van der Waals surface area contributed by atoms with Crippen LogP contribution >= 0.6 is 0 Å². The van der Waals surface area contributed by atoms with E-state index in [1.165, 1.54) is 0 Å². The number of hydrogen-bond acceptors (Lipinski definition) is 51. The van der Waals surface area contributed by atoms with Gasteiger partial charge >= 0.3 is 0 Å². The minimum Gasteiger partial charge on any atom is -0.394 e. The van der Waals surface area contributed by atoms with E-state index in [1.807, 2.05) is 0 Å². The fraction of sp³-hybridized carbons (Fsp3) is 0.917. The normalized spacial score (nSPS) is 47.5. The van der Waals surface area contributed by atoms with Crippen LogP contribution in [-0.2, 0) is 119 Å². The topological polar surface area (TPSA) is 876 Å². The molecule has 57 heteroatoms. The molecular weight excluding hydrogens is 1760 g/mol. The first-order valence-electron chi connectivity index (χ1n) is 41.1. The van der Waals surface area contributed by atoms with Crippen LogP contribution in [0.4, 0.5) is 0 Å². The summed E-state index contributed by atoms with van der Waals surface area (Å²) < 4.78 is 112. The molecule has 0 spiro atoms. The predicted octanol–water partition coefficient (Wildman–Crippen LogP) is -21.9. The molecule has 0 radical (unpaired) electrons. The number of amides is 6.